The molecule has 0 aliphatic carbocycles. The third-order valence-corrected chi connectivity index (χ3v) is 5.63. The van der Waals surface area contributed by atoms with E-state index in [9.17, 15) is 9.59 Å². The first-order valence-corrected chi connectivity index (χ1v) is 10.4. The van der Waals surface area contributed by atoms with Crippen LogP contribution < -0.4 is 15.6 Å². The molecule has 33 heavy (non-hydrogen) atoms. The molecular weight excluding hydrogens is 418 g/mol. The van der Waals surface area contributed by atoms with Gasteiger partial charge in [-0.05, 0) is 55.0 Å². The molecule has 3 heterocycles. The molecule has 8 nitrogen and oxygen atoms in total. The highest BCUT2D eigenvalue weighted by Crippen LogP contribution is 2.29. The second-order valence-electron chi connectivity index (χ2n) is 7.74. The number of anilines is 1. The monoisotopic (exact) mass is 439 g/mol. The number of aryl methyl sites for hydroxylation is 2. The zero-order valence-electron chi connectivity index (χ0n) is 18.4. The molecule has 0 atom stereocenters. The molecule has 0 saturated heterocycles. The molecule has 0 spiro atoms. The van der Waals surface area contributed by atoms with Crippen molar-refractivity contribution in [1.29, 1.82) is 0 Å². The van der Waals surface area contributed by atoms with Gasteiger partial charge in [-0.15, -0.1) is 0 Å². The van der Waals surface area contributed by atoms with Gasteiger partial charge in [0, 0.05) is 29.5 Å². The SMILES string of the molecule is COc1ccc(-n2nc(C(=O)Nc3cc(C)ccn3)c3c4ccccc4n(C)c3c2=O)cc1. The van der Waals surface area contributed by atoms with E-state index in [1.54, 1.807) is 48.2 Å². The van der Waals surface area contributed by atoms with E-state index in [2.05, 4.69) is 15.4 Å². The normalized spacial score (nSPS) is 11.1. The first kappa shape index (κ1) is 20.4. The molecule has 5 aromatic rings. The average Bonchev–Trinajstić information content (AvgIpc) is 3.13. The minimum atomic E-state index is -0.447. The van der Waals surface area contributed by atoms with Crippen molar-refractivity contribution in [3.8, 4) is 11.4 Å². The van der Waals surface area contributed by atoms with Crippen LogP contribution in [0.4, 0.5) is 5.82 Å². The molecule has 1 amide bonds. The van der Waals surface area contributed by atoms with Crippen LogP contribution in [0.2, 0.25) is 0 Å². The van der Waals surface area contributed by atoms with Gasteiger partial charge in [0.15, 0.2) is 5.69 Å². The predicted octanol–water partition coefficient (Wildman–Crippen LogP) is 3.84. The van der Waals surface area contributed by atoms with Crippen LogP contribution >= 0.6 is 0 Å². The Balaban J connectivity index is 1.78. The lowest BCUT2D eigenvalue weighted by molar-refractivity contribution is 0.102. The number of carbonyl (C=O) groups is 1. The van der Waals surface area contributed by atoms with Crippen molar-refractivity contribution in [2.75, 3.05) is 12.4 Å². The number of amides is 1. The summed E-state index contributed by atoms with van der Waals surface area (Å²) in [5, 5.41) is 8.63. The fourth-order valence-electron chi connectivity index (χ4n) is 4.02. The molecule has 8 heteroatoms. The van der Waals surface area contributed by atoms with Gasteiger partial charge in [-0.3, -0.25) is 9.59 Å². The Morgan fingerprint density at radius 3 is 2.55 bits per heavy atom. The highest BCUT2D eigenvalue weighted by molar-refractivity contribution is 6.19. The van der Waals surface area contributed by atoms with Crippen molar-refractivity contribution in [3.63, 3.8) is 0 Å². The molecular formula is C25H21N5O3. The number of methoxy groups -OCH3 is 1. The van der Waals surface area contributed by atoms with Gasteiger partial charge in [-0.25, -0.2) is 4.98 Å². The number of hydrogen-bond donors (Lipinski definition) is 1. The third kappa shape index (κ3) is 3.41. The van der Waals surface area contributed by atoms with Crippen LogP contribution in [0.15, 0.2) is 71.7 Å². The summed E-state index contributed by atoms with van der Waals surface area (Å²) in [4.78, 5) is 31.2. The first-order valence-electron chi connectivity index (χ1n) is 10.4. The maximum atomic E-state index is 13.6. The predicted molar refractivity (Wildman–Crippen MR) is 127 cm³/mol. The number of hydrogen-bond acceptors (Lipinski definition) is 5. The van der Waals surface area contributed by atoms with Gasteiger partial charge >= 0.3 is 0 Å². The minimum Gasteiger partial charge on any atom is -0.497 e. The number of carbonyl (C=O) groups excluding carboxylic acids is 1. The summed E-state index contributed by atoms with van der Waals surface area (Å²) in [6, 6.07) is 18.1. The highest BCUT2D eigenvalue weighted by atomic mass is 16.5. The summed E-state index contributed by atoms with van der Waals surface area (Å²) in [6.45, 7) is 1.92. The van der Waals surface area contributed by atoms with E-state index in [0.717, 1.165) is 16.5 Å². The van der Waals surface area contributed by atoms with Crippen LogP contribution in [0.5, 0.6) is 5.75 Å². The Bertz CT molecular complexity index is 1580. The highest BCUT2D eigenvalue weighted by Gasteiger charge is 2.23. The van der Waals surface area contributed by atoms with Crippen molar-refractivity contribution in [2.24, 2.45) is 7.05 Å². The number of ether oxygens (including phenoxy) is 1. The van der Waals surface area contributed by atoms with Crippen LogP contribution in [0.1, 0.15) is 16.1 Å². The van der Waals surface area contributed by atoms with Gasteiger partial charge in [0.1, 0.15) is 17.1 Å². The van der Waals surface area contributed by atoms with E-state index in [4.69, 9.17) is 4.74 Å². The number of benzene rings is 2. The Kier molecular flexibility index (Phi) is 4.90. The Morgan fingerprint density at radius 1 is 1.06 bits per heavy atom. The minimum absolute atomic E-state index is 0.139. The summed E-state index contributed by atoms with van der Waals surface area (Å²) < 4.78 is 8.27. The Hall–Kier alpha value is -4.46. The van der Waals surface area contributed by atoms with Crippen molar-refractivity contribution in [1.82, 2.24) is 19.3 Å². The Labute approximate surface area is 189 Å². The maximum absolute atomic E-state index is 13.6. The van der Waals surface area contributed by atoms with E-state index in [0.29, 0.717) is 28.2 Å². The van der Waals surface area contributed by atoms with Crippen LogP contribution in [-0.2, 0) is 7.05 Å². The summed E-state index contributed by atoms with van der Waals surface area (Å²) >= 11 is 0. The summed E-state index contributed by atoms with van der Waals surface area (Å²) in [6.07, 6.45) is 1.63. The molecule has 0 aliphatic heterocycles. The van der Waals surface area contributed by atoms with Gasteiger partial charge in [0.2, 0.25) is 0 Å². The van der Waals surface area contributed by atoms with Gasteiger partial charge in [0.05, 0.1) is 12.8 Å². The van der Waals surface area contributed by atoms with Crippen molar-refractivity contribution >= 4 is 33.5 Å². The van der Waals surface area contributed by atoms with Crippen molar-refractivity contribution in [3.05, 3.63) is 88.5 Å². The fourth-order valence-corrected chi connectivity index (χ4v) is 4.02. The molecule has 5 rings (SSSR count). The zero-order valence-corrected chi connectivity index (χ0v) is 18.4. The molecule has 1 N–H and O–H groups in total. The molecule has 3 aromatic heterocycles. The number of aromatic nitrogens is 4. The smallest absolute Gasteiger partial charge is 0.296 e. The fraction of sp³-hybridized carbons (Fsp3) is 0.120. The van der Waals surface area contributed by atoms with E-state index < -0.39 is 5.91 Å². The number of fused-ring (bicyclic) bond motifs is 3. The number of pyridine rings is 1. The van der Waals surface area contributed by atoms with E-state index >= 15 is 0 Å². The number of para-hydroxylation sites is 1. The summed E-state index contributed by atoms with van der Waals surface area (Å²) in [5.74, 6) is 0.620. The third-order valence-electron chi connectivity index (χ3n) is 5.63. The van der Waals surface area contributed by atoms with E-state index in [1.165, 1.54) is 4.68 Å². The standard InChI is InChI=1S/C25H21N5O3/c1-15-12-13-26-20(14-15)27-24(31)22-21-18-6-4-5-7-19(18)29(2)23(21)25(32)30(28-22)16-8-10-17(33-3)11-9-16/h4-14H,1-3H3,(H,26,27,31). The average molecular weight is 439 g/mol. The quantitative estimate of drug-likeness (QED) is 0.459. The summed E-state index contributed by atoms with van der Waals surface area (Å²) in [7, 11) is 3.39. The van der Waals surface area contributed by atoms with E-state index in [1.807, 2.05) is 44.3 Å². The second-order valence-corrected chi connectivity index (χ2v) is 7.74. The van der Waals surface area contributed by atoms with Crippen molar-refractivity contribution in [2.45, 2.75) is 6.92 Å². The Morgan fingerprint density at radius 2 is 1.82 bits per heavy atom. The number of nitrogens with zero attached hydrogens (tertiary/aromatic N) is 4. The van der Waals surface area contributed by atoms with Gasteiger partial charge < -0.3 is 14.6 Å². The molecule has 0 aliphatic rings. The van der Waals surface area contributed by atoms with Crippen LogP contribution in [0, 0.1) is 6.92 Å². The van der Waals surface area contributed by atoms with E-state index in [-0.39, 0.29) is 11.3 Å². The lowest BCUT2D eigenvalue weighted by atomic mass is 10.1. The first-order chi connectivity index (χ1) is 16.0. The lowest BCUT2D eigenvalue weighted by Gasteiger charge is -2.11. The molecule has 164 valence electrons. The largest absolute Gasteiger partial charge is 0.497 e. The van der Waals surface area contributed by atoms with Crippen LogP contribution in [0.3, 0.4) is 0 Å². The molecule has 0 unspecified atom stereocenters. The topological polar surface area (TPSA) is 91.0 Å². The number of nitrogens with one attached hydrogen (secondary N) is 1. The second kappa shape index (κ2) is 7.90. The van der Waals surface area contributed by atoms with Crippen molar-refractivity contribution < 1.29 is 9.53 Å². The summed E-state index contributed by atoms with van der Waals surface area (Å²) in [5.41, 5.74) is 2.54. The zero-order chi connectivity index (χ0) is 23.1. The van der Waals surface area contributed by atoms with Gasteiger partial charge in [0.25, 0.3) is 11.5 Å². The number of rotatable bonds is 4. The molecule has 0 radical (unpaired) electrons. The lowest BCUT2D eigenvalue weighted by Crippen LogP contribution is -2.27. The van der Waals surface area contributed by atoms with Gasteiger partial charge in [-0.2, -0.15) is 9.78 Å². The van der Waals surface area contributed by atoms with Crippen LogP contribution in [-0.4, -0.2) is 32.3 Å². The van der Waals surface area contributed by atoms with Gasteiger partial charge in [-0.1, -0.05) is 18.2 Å². The maximum Gasteiger partial charge on any atom is 0.296 e. The van der Waals surface area contributed by atoms with Crippen LogP contribution in [0.25, 0.3) is 27.5 Å². The molecule has 0 fully saturated rings. The molecule has 0 saturated carbocycles. The molecule has 0 bridgehead atoms. The molecule has 2 aromatic carbocycles.